The molecule has 74 valence electrons. The zero-order valence-electron chi connectivity index (χ0n) is 8.09. The first-order valence-corrected chi connectivity index (χ1v) is 5.43. The number of nitrogens with one attached hydrogen (secondary N) is 1. The molecule has 1 aliphatic rings. The quantitative estimate of drug-likeness (QED) is 0.744. The molecule has 0 aliphatic carbocycles. The molecule has 1 saturated heterocycles. The lowest BCUT2D eigenvalue weighted by molar-refractivity contribution is 0.592. The van der Waals surface area contributed by atoms with E-state index in [1.807, 2.05) is 24.3 Å². The summed E-state index contributed by atoms with van der Waals surface area (Å²) in [5.74, 6) is 0. The highest BCUT2D eigenvalue weighted by Crippen LogP contribution is 2.20. The maximum absolute atomic E-state index is 6.07. The topological polar surface area (TPSA) is 12.0 Å². The van der Waals surface area contributed by atoms with Gasteiger partial charge in [-0.05, 0) is 37.0 Å². The van der Waals surface area contributed by atoms with E-state index in [1.165, 1.54) is 18.5 Å². The molecule has 0 aromatic heterocycles. The largest absolute Gasteiger partial charge is 0.388 e. The van der Waals surface area contributed by atoms with Crippen LogP contribution in [-0.4, -0.2) is 6.54 Å². The predicted molar refractivity (Wildman–Crippen MR) is 61.3 cm³/mol. The average Bonchev–Trinajstić information content (AvgIpc) is 2.23. The number of piperidine rings is 1. The van der Waals surface area contributed by atoms with E-state index in [2.05, 4.69) is 11.4 Å². The molecular formula is C12H14ClN. The highest BCUT2D eigenvalue weighted by molar-refractivity contribution is 6.32. The van der Waals surface area contributed by atoms with Crippen molar-refractivity contribution in [1.82, 2.24) is 5.32 Å². The summed E-state index contributed by atoms with van der Waals surface area (Å²) in [7, 11) is 0. The summed E-state index contributed by atoms with van der Waals surface area (Å²) in [5, 5.41) is 4.22. The van der Waals surface area contributed by atoms with Gasteiger partial charge >= 0.3 is 0 Å². The molecule has 0 saturated carbocycles. The van der Waals surface area contributed by atoms with Crippen molar-refractivity contribution < 1.29 is 0 Å². The summed E-state index contributed by atoms with van der Waals surface area (Å²) in [6.07, 6.45) is 5.86. The molecule has 0 unspecified atom stereocenters. The summed E-state index contributed by atoms with van der Waals surface area (Å²) in [5.41, 5.74) is 2.42. The molecule has 1 nitrogen and oxygen atoms in total. The van der Waals surface area contributed by atoms with E-state index < -0.39 is 0 Å². The van der Waals surface area contributed by atoms with E-state index in [0.29, 0.717) is 0 Å². The van der Waals surface area contributed by atoms with Crippen LogP contribution in [0.5, 0.6) is 0 Å². The summed E-state index contributed by atoms with van der Waals surface area (Å²) in [4.78, 5) is 0. The standard InChI is InChI=1S/C12H14ClN/c13-12-7-2-1-5-10(12)9-11-6-3-4-8-14-11/h1-2,5,7,9,14H,3-4,6,8H2/b11-9-. The van der Waals surface area contributed by atoms with Gasteiger partial charge in [0.2, 0.25) is 0 Å². The van der Waals surface area contributed by atoms with Crippen LogP contribution >= 0.6 is 11.6 Å². The number of benzene rings is 1. The van der Waals surface area contributed by atoms with Crippen LogP contribution in [0, 0.1) is 0 Å². The molecular weight excluding hydrogens is 194 g/mol. The lowest BCUT2D eigenvalue weighted by atomic mass is 10.1. The predicted octanol–water partition coefficient (Wildman–Crippen LogP) is 3.45. The number of halogens is 1. The molecule has 2 rings (SSSR count). The van der Waals surface area contributed by atoms with Crippen molar-refractivity contribution >= 4 is 17.7 Å². The molecule has 1 aromatic rings. The second kappa shape index (κ2) is 4.52. The van der Waals surface area contributed by atoms with E-state index >= 15 is 0 Å². The Hall–Kier alpha value is -0.950. The summed E-state index contributed by atoms with van der Waals surface area (Å²) >= 11 is 6.07. The Kier molecular flexibility index (Phi) is 3.10. The average molecular weight is 208 g/mol. The highest BCUT2D eigenvalue weighted by Gasteiger charge is 2.04. The van der Waals surface area contributed by atoms with Gasteiger partial charge in [-0.1, -0.05) is 29.8 Å². The molecule has 0 radical (unpaired) electrons. The van der Waals surface area contributed by atoms with Gasteiger partial charge in [0.25, 0.3) is 0 Å². The Bertz CT molecular complexity index is 336. The summed E-state index contributed by atoms with van der Waals surface area (Å²) < 4.78 is 0. The fourth-order valence-corrected chi connectivity index (χ4v) is 1.87. The minimum atomic E-state index is 0.826. The molecule has 0 spiro atoms. The van der Waals surface area contributed by atoms with Crippen molar-refractivity contribution in [3.63, 3.8) is 0 Å². The van der Waals surface area contributed by atoms with Crippen LogP contribution in [-0.2, 0) is 0 Å². The molecule has 0 bridgehead atoms. The minimum Gasteiger partial charge on any atom is -0.388 e. The van der Waals surface area contributed by atoms with Crippen LogP contribution < -0.4 is 5.32 Å². The van der Waals surface area contributed by atoms with Crippen LogP contribution in [0.1, 0.15) is 24.8 Å². The third kappa shape index (κ3) is 2.30. The Morgan fingerprint density at radius 1 is 1.21 bits per heavy atom. The van der Waals surface area contributed by atoms with Gasteiger partial charge in [-0.25, -0.2) is 0 Å². The van der Waals surface area contributed by atoms with E-state index in [1.54, 1.807) is 0 Å². The first-order chi connectivity index (χ1) is 6.86. The van der Waals surface area contributed by atoms with Gasteiger partial charge in [-0.2, -0.15) is 0 Å². The van der Waals surface area contributed by atoms with Crippen LogP contribution in [0.3, 0.4) is 0 Å². The van der Waals surface area contributed by atoms with Gasteiger partial charge in [0, 0.05) is 17.3 Å². The van der Waals surface area contributed by atoms with Gasteiger partial charge < -0.3 is 5.32 Å². The smallest absolute Gasteiger partial charge is 0.0479 e. The van der Waals surface area contributed by atoms with E-state index in [0.717, 1.165) is 23.6 Å². The molecule has 1 aromatic carbocycles. The lowest BCUT2D eigenvalue weighted by Gasteiger charge is -2.16. The van der Waals surface area contributed by atoms with Crippen molar-refractivity contribution in [3.8, 4) is 0 Å². The van der Waals surface area contributed by atoms with Crippen LogP contribution in [0.4, 0.5) is 0 Å². The van der Waals surface area contributed by atoms with Crippen LogP contribution in [0.15, 0.2) is 30.0 Å². The van der Waals surface area contributed by atoms with Crippen molar-refractivity contribution in [1.29, 1.82) is 0 Å². The van der Waals surface area contributed by atoms with Crippen molar-refractivity contribution in [2.45, 2.75) is 19.3 Å². The van der Waals surface area contributed by atoms with Crippen LogP contribution in [0.2, 0.25) is 5.02 Å². The van der Waals surface area contributed by atoms with Gasteiger partial charge in [0.15, 0.2) is 0 Å². The maximum atomic E-state index is 6.07. The van der Waals surface area contributed by atoms with Crippen LogP contribution in [0.25, 0.3) is 6.08 Å². The highest BCUT2D eigenvalue weighted by atomic mass is 35.5. The minimum absolute atomic E-state index is 0.826. The van der Waals surface area contributed by atoms with E-state index in [9.17, 15) is 0 Å². The van der Waals surface area contributed by atoms with Gasteiger partial charge in [-0.3, -0.25) is 0 Å². The molecule has 0 atom stereocenters. The SMILES string of the molecule is Clc1ccccc1/C=C1/CCCCN1. The fraction of sp³-hybridized carbons (Fsp3) is 0.333. The zero-order valence-corrected chi connectivity index (χ0v) is 8.85. The van der Waals surface area contributed by atoms with E-state index in [-0.39, 0.29) is 0 Å². The van der Waals surface area contributed by atoms with E-state index in [4.69, 9.17) is 11.6 Å². The molecule has 1 aliphatic heterocycles. The second-order valence-corrected chi connectivity index (χ2v) is 3.98. The Balaban J connectivity index is 2.19. The Labute approximate surface area is 89.8 Å². The van der Waals surface area contributed by atoms with Crippen molar-refractivity contribution in [3.05, 3.63) is 40.5 Å². The van der Waals surface area contributed by atoms with Crippen molar-refractivity contribution in [2.75, 3.05) is 6.54 Å². The third-order valence-electron chi connectivity index (χ3n) is 2.46. The maximum Gasteiger partial charge on any atom is 0.0479 e. The van der Waals surface area contributed by atoms with Gasteiger partial charge in [-0.15, -0.1) is 0 Å². The van der Waals surface area contributed by atoms with Gasteiger partial charge in [0.05, 0.1) is 0 Å². The molecule has 1 heterocycles. The number of hydrogen-bond acceptors (Lipinski definition) is 1. The first kappa shape index (κ1) is 9.60. The fourth-order valence-electron chi connectivity index (χ4n) is 1.68. The number of allylic oxidation sites excluding steroid dienone is 1. The molecule has 1 N–H and O–H groups in total. The normalized spacial score (nSPS) is 19.4. The van der Waals surface area contributed by atoms with Crippen molar-refractivity contribution in [2.24, 2.45) is 0 Å². The Morgan fingerprint density at radius 3 is 2.79 bits per heavy atom. The third-order valence-corrected chi connectivity index (χ3v) is 2.80. The zero-order chi connectivity index (χ0) is 9.80. The first-order valence-electron chi connectivity index (χ1n) is 5.05. The summed E-state index contributed by atoms with van der Waals surface area (Å²) in [6, 6.07) is 7.95. The summed E-state index contributed by atoms with van der Waals surface area (Å²) in [6.45, 7) is 1.09. The number of hydrogen-bond donors (Lipinski definition) is 1. The molecule has 2 heteroatoms. The Morgan fingerprint density at radius 2 is 2.07 bits per heavy atom. The lowest BCUT2D eigenvalue weighted by Crippen LogP contribution is -2.19. The molecule has 0 amide bonds. The van der Waals surface area contributed by atoms with Gasteiger partial charge in [0.1, 0.15) is 0 Å². The molecule has 1 fully saturated rings. The monoisotopic (exact) mass is 207 g/mol. The molecule has 14 heavy (non-hydrogen) atoms. The second-order valence-electron chi connectivity index (χ2n) is 3.57. The number of rotatable bonds is 1.